The van der Waals surface area contributed by atoms with E-state index in [1.165, 1.54) is 0 Å². The molecule has 5 heteroatoms. The van der Waals surface area contributed by atoms with Gasteiger partial charge in [-0.15, -0.1) is 0 Å². The van der Waals surface area contributed by atoms with Gasteiger partial charge in [0.1, 0.15) is 6.61 Å². The summed E-state index contributed by atoms with van der Waals surface area (Å²) in [6.07, 6.45) is 4.54. The fraction of sp³-hybridized carbons (Fsp3) is 0.429. The van der Waals surface area contributed by atoms with Crippen molar-refractivity contribution < 1.29 is 14.6 Å². The van der Waals surface area contributed by atoms with Crippen LogP contribution < -0.4 is 10.1 Å². The molecule has 0 aliphatic heterocycles. The normalized spacial score (nSPS) is 11.7. The minimum Gasteiger partial charge on any atom is -0.487 e. The molecule has 1 aromatic heterocycles. The molecular formula is C14H20N2O3. The summed E-state index contributed by atoms with van der Waals surface area (Å²) < 4.78 is 5.39. The summed E-state index contributed by atoms with van der Waals surface area (Å²) in [5, 5.41) is 11.6. The van der Waals surface area contributed by atoms with Gasteiger partial charge in [0.25, 0.3) is 5.91 Å². The maximum Gasteiger partial charge on any atom is 0.273 e. The Morgan fingerprint density at radius 3 is 3.16 bits per heavy atom. The van der Waals surface area contributed by atoms with Gasteiger partial charge in [0.05, 0.1) is 0 Å². The van der Waals surface area contributed by atoms with E-state index in [9.17, 15) is 4.79 Å². The van der Waals surface area contributed by atoms with Gasteiger partial charge in [-0.3, -0.25) is 4.79 Å². The van der Waals surface area contributed by atoms with Crippen molar-refractivity contribution >= 4 is 5.91 Å². The van der Waals surface area contributed by atoms with Crippen LogP contribution in [0.25, 0.3) is 0 Å². The van der Waals surface area contributed by atoms with Crippen LogP contribution in [-0.4, -0.2) is 35.3 Å². The third kappa shape index (κ3) is 5.09. The number of hydrogen-bond donors (Lipinski definition) is 2. The van der Waals surface area contributed by atoms with Crippen LogP contribution in [0.2, 0.25) is 0 Å². The second-order valence-electron chi connectivity index (χ2n) is 4.19. The van der Waals surface area contributed by atoms with Gasteiger partial charge in [0.15, 0.2) is 11.4 Å². The maximum atomic E-state index is 12.1. The third-order valence-corrected chi connectivity index (χ3v) is 2.52. The van der Waals surface area contributed by atoms with E-state index >= 15 is 0 Å². The molecule has 5 nitrogen and oxygen atoms in total. The average Bonchev–Trinajstić information content (AvgIpc) is 2.43. The van der Waals surface area contributed by atoms with Crippen molar-refractivity contribution in [1.82, 2.24) is 10.3 Å². The van der Waals surface area contributed by atoms with Crippen LogP contribution in [0.15, 0.2) is 31.0 Å². The highest BCUT2D eigenvalue weighted by molar-refractivity contribution is 5.95. The topological polar surface area (TPSA) is 71.5 Å². The first kappa shape index (κ1) is 15.2. The lowest BCUT2D eigenvalue weighted by Gasteiger charge is -2.14. The Morgan fingerprint density at radius 1 is 1.68 bits per heavy atom. The molecule has 0 aliphatic rings. The lowest BCUT2D eigenvalue weighted by Crippen LogP contribution is -2.33. The van der Waals surface area contributed by atoms with E-state index in [1.807, 2.05) is 6.92 Å². The molecule has 1 atom stereocenters. The van der Waals surface area contributed by atoms with Gasteiger partial charge >= 0.3 is 0 Å². The molecular weight excluding hydrogens is 244 g/mol. The first-order valence-corrected chi connectivity index (χ1v) is 6.29. The predicted molar refractivity (Wildman–Crippen MR) is 73.2 cm³/mol. The number of nitrogens with one attached hydrogen (secondary N) is 1. The fourth-order valence-electron chi connectivity index (χ4n) is 1.59. The smallest absolute Gasteiger partial charge is 0.273 e. The Morgan fingerprint density at radius 2 is 2.47 bits per heavy atom. The highest BCUT2D eigenvalue weighted by Crippen LogP contribution is 2.15. The van der Waals surface area contributed by atoms with Crippen LogP contribution in [0.1, 0.15) is 30.3 Å². The molecule has 1 rings (SSSR count). The van der Waals surface area contributed by atoms with Crippen LogP contribution in [0.5, 0.6) is 5.75 Å². The van der Waals surface area contributed by atoms with Gasteiger partial charge in [-0.1, -0.05) is 12.7 Å². The molecule has 0 saturated heterocycles. The average molecular weight is 264 g/mol. The number of aliphatic hydroxyl groups is 1. The minimum absolute atomic E-state index is 0.0195. The number of rotatable bonds is 8. The molecule has 0 aliphatic carbocycles. The molecule has 1 heterocycles. The molecule has 0 fully saturated rings. The standard InChI is InChI=1S/C14H20N2O3/c1-3-10-19-12-7-4-8-15-13(12)14(18)16-11(2)6-5-9-17/h3-4,7-8,11,17H,1,5-6,9-10H2,2H3,(H,16,18). The lowest BCUT2D eigenvalue weighted by atomic mass is 10.2. The molecule has 0 radical (unpaired) electrons. The molecule has 19 heavy (non-hydrogen) atoms. The highest BCUT2D eigenvalue weighted by Gasteiger charge is 2.15. The Hall–Kier alpha value is -1.88. The van der Waals surface area contributed by atoms with Crippen molar-refractivity contribution in [3.63, 3.8) is 0 Å². The molecule has 1 amide bonds. The SMILES string of the molecule is C=CCOc1cccnc1C(=O)NC(C)CCCO. The van der Waals surface area contributed by atoms with Crippen molar-refractivity contribution in [1.29, 1.82) is 0 Å². The number of carbonyl (C=O) groups excluding carboxylic acids is 1. The van der Waals surface area contributed by atoms with E-state index < -0.39 is 0 Å². The van der Waals surface area contributed by atoms with E-state index in [4.69, 9.17) is 9.84 Å². The van der Waals surface area contributed by atoms with E-state index in [0.29, 0.717) is 18.8 Å². The van der Waals surface area contributed by atoms with Gasteiger partial charge in [0, 0.05) is 18.8 Å². The summed E-state index contributed by atoms with van der Waals surface area (Å²) in [7, 11) is 0. The van der Waals surface area contributed by atoms with Crippen molar-refractivity contribution in [3.05, 3.63) is 36.7 Å². The first-order valence-electron chi connectivity index (χ1n) is 6.29. The number of carbonyl (C=O) groups is 1. The number of pyridine rings is 1. The molecule has 104 valence electrons. The van der Waals surface area contributed by atoms with Crippen LogP contribution in [0, 0.1) is 0 Å². The molecule has 1 aromatic rings. The summed E-state index contributed by atoms with van der Waals surface area (Å²) in [6.45, 7) is 5.90. The van der Waals surface area contributed by atoms with Crippen LogP contribution >= 0.6 is 0 Å². The quantitative estimate of drug-likeness (QED) is 0.699. The Bertz CT molecular complexity index is 421. The third-order valence-electron chi connectivity index (χ3n) is 2.52. The van der Waals surface area contributed by atoms with Gasteiger partial charge in [-0.05, 0) is 31.9 Å². The van der Waals surface area contributed by atoms with Crippen molar-refractivity contribution in [3.8, 4) is 5.75 Å². The Kier molecular flexibility index (Phi) is 6.60. The number of hydrogen-bond acceptors (Lipinski definition) is 4. The van der Waals surface area contributed by atoms with E-state index in [0.717, 1.165) is 6.42 Å². The van der Waals surface area contributed by atoms with E-state index in [2.05, 4.69) is 16.9 Å². The zero-order valence-electron chi connectivity index (χ0n) is 11.1. The zero-order valence-corrected chi connectivity index (χ0v) is 11.1. The van der Waals surface area contributed by atoms with Gasteiger partial charge < -0.3 is 15.2 Å². The molecule has 2 N–H and O–H groups in total. The highest BCUT2D eigenvalue weighted by atomic mass is 16.5. The maximum absolute atomic E-state index is 12.1. The number of nitrogens with zero attached hydrogens (tertiary/aromatic N) is 1. The number of amides is 1. The molecule has 0 bridgehead atoms. The first-order chi connectivity index (χ1) is 9.19. The number of aromatic nitrogens is 1. The molecule has 0 aromatic carbocycles. The van der Waals surface area contributed by atoms with Crippen molar-refractivity contribution in [2.45, 2.75) is 25.8 Å². The minimum atomic E-state index is -0.273. The summed E-state index contributed by atoms with van der Waals surface area (Å²) in [4.78, 5) is 16.1. The van der Waals surface area contributed by atoms with E-state index in [1.54, 1.807) is 24.4 Å². The molecule has 0 spiro atoms. The summed E-state index contributed by atoms with van der Waals surface area (Å²) >= 11 is 0. The molecule has 1 unspecified atom stereocenters. The molecule has 0 saturated carbocycles. The summed E-state index contributed by atoms with van der Waals surface area (Å²) in [6, 6.07) is 3.39. The monoisotopic (exact) mass is 264 g/mol. The van der Waals surface area contributed by atoms with Crippen LogP contribution in [0.3, 0.4) is 0 Å². The second kappa shape index (κ2) is 8.26. The fourth-order valence-corrected chi connectivity index (χ4v) is 1.59. The van der Waals surface area contributed by atoms with Gasteiger partial charge in [-0.25, -0.2) is 4.98 Å². The Labute approximate surface area is 113 Å². The second-order valence-corrected chi connectivity index (χ2v) is 4.19. The zero-order chi connectivity index (χ0) is 14.1. The van der Waals surface area contributed by atoms with E-state index in [-0.39, 0.29) is 24.2 Å². The van der Waals surface area contributed by atoms with Gasteiger partial charge in [-0.2, -0.15) is 0 Å². The predicted octanol–water partition coefficient (Wildman–Crippen LogP) is 1.54. The van der Waals surface area contributed by atoms with Crippen LogP contribution in [-0.2, 0) is 0 Å². The number of ether oxygens (including phenoxy) is 1. The summed E-state index contributed by atoms with van der Waals surface area (Å²) in [5.41, 5.74) is 0.264. The van der Waals surface area contributed by atoms with Crippen molar-refractivity contribution in [2.24, 2.45) is 0 Å². The van der Waals surface area contributed by atoms with Crippen LogP contribution in [0.4, 0.5) is 0 Å². The summed E-state index contributed by atoms with van der Waals surface area (Å²) in [5.74, 6) is 0.166. The van der Waals surface area contributed by atoms with Crippen molar-refractivity contribution in [2.75, 3.05) is 13.2 Å². The number of aliphatic hydroxyl groups excluding tert-OH is 1. The Balaban J connectivity index is 2.67. The largest absolute Gasteiger partial charge is 0.487 e. The van der Waals surface area contributed by atoms with Gasteiger partial charge in [0.2, 0.25) is 0 Å². The lowest BCUT2D eigenvalue weighted by molar-refractivity contribution is 0.0927.